The van der Waals surface area contributed by atoms with Gasteiger partial charge in [0.25, 0.3) is 0 Å². The molecule has 2 heterocycles. The molecular formula is C17H16NO3+. The van der Waals surface area contributed by atoms with Gasteiger partial charge in [0, 0.05) is 35.2 Å². The Balaban J connectivity index is 2.09. The number of methoxy groups -OCH3 is 1. The molecule has 106 valence electrons. The Morgan fingerprint density at radius 3 is 2.62 bits per heavy atom. The first kappa shape index (κ1) is 13.4. The highest BCUT2D eigenvalue weighted by Gasteiger charge is 2.11. The molecule has 0 N–H and O–H groups in total. The van der Waals surface area contributed by atoms with Gasteiger partial charge in [0.15, 0.2) is 18.9 Å². The van der Waals surface area contributed by atoms with Gasteiger partial charge in [-0.15, -0.1) is 0 Å². The summed E-state index contributed by atoms with van der Waals surface area (Å²) in [5, 5.41) is 0.920. The number of rotatable bonds is 3. The van der Waals surface area contributed by atoms with Gasteiger partial charge >= 0.3 is 5.63 Å². The van der Waals surface area contributed by atoms with Gasteiger partial charge in [0.2, 0.25) is 0 Å². The van der Waals surface area contributed by atoms with E-state index >= 15 is 0 Å². The van der Waals surface area contributed by atoms with Crippen molar-refractivity contribution in [3.8, 4) is 5.75 Å². The fraction of sp³-hybridized carbons (Fsp3) is 0.176. The summed E-state index contributed by atoms with van der Waals surface area (Å²) in [5.74, 6) is 0.672. The lowest BCUT2D eigenvalue weighted by molar-refractivity contribution is -0.688. The molecule has 0 aliphatic carbocycles. The van der Waals surface area contributed by atoms with Gasteiger partial charge in [-0.2, -0.15) is 0 Å². The van der Waals surface area contributed by atoms with Crippen LogP contribution in [0.2, 0.25) is 0 Å². The van der Waals surface area contributed by atoms with Gasteiger partial charge in [0.1, 0.15) is 11.3 Å². The Kier molecular flexibility index (Phi) is 3.44. The fourth-order valence-electron chi connectivity index (χ4n) is 2.30. The van der Waals surface area contributed by atoms with E-state index in [4.69, 9.17) is 9.15 Å². The molecule has 0 saturated heterocycles. The molecule has 0 aliphatic heterocycles. The number of fused-ring (bicyclic) bond motifs is 1. The summed E-state index contributed by atoms with van der Waals surface area (Å²) in [4.78, 5) is 11.7. The fourth-order valence-corrected chi connectivity index (χ4v) is 2.30. The summed E-state index contributed by atoms with van der Waals surface area (Å²) in [7, 11) is 1.59. The number of nitrogens with zero attached hydrogens (tertiary/aromatic N) is 1. The van der Waals surface area contributed by atoms with Crippen molar-refractivity contribution in [2.45, 2.75) is 13.5 Å². The van der Waals surface area contributed by atoms with Crippen LogP contribution in [-0.2, 0) is 6.54 Å². The lowest BCUT2D eigenvalue weighted by atomic mass is 10.1. The van der Waals surface area contributed by atoms with Gasteiger partial charge < -0.3 is 9.15 Å². The molecule has 1 aromatic carbocycles. The van der Waals surface area contributed by atoms with E-state index in [1.807, 2.05) is 48.1 Å². The molecule has 3 aromatic rings. The summed E-state index contributed by atoms with van der Waals surface area (Å²) in [6.45, 7) is 2.66. The third-order valence-corrected chi connectivity index (χ3v) is 3.45. The number of ether oxygens (including phenoxy) is 1. The highest BCUT2D eigenvalue weighted by atomic mass is 16.5. The first-order valence-electron chi connectivity index (χ1n) is 6.72. The van der Waals surface area contributed by atoms with E-state index in [0.717, 1.165) is 10.9 Å². The summed E-state index contributed by atoms with van der Waals surface area (Å²) >= 11 is 0. The van der Waals surface area contributed by atoms with Crippen LogP contribution in [0.3, 0.4) is 0 Å². The van der Waals surface area contributed by atoms with E-state index in [1.165, 1.54) is 5.56 Å². The number of aromatic nitrogens is 1. The topological polar surface area (TPSA) is 43.3 Å². The van der Waals surface area contributed by atoms with Gasteiger partial charge in [0.05, 0.1) is 7.11 Å². The second-order valence-electron chi connectivity index (χ2n) is 5.00. The normalized spacial score (nSPS) is 10.8. The van der Waals surface area contributed by atoms with Crippen molar-refractivity contribution in [3.63, 3.8) is 0 Å². The third kappa shape index (κ3) is 2.79. The molecule has 0 unspecified atom stereocenters. The Labute approximate surface area is 122 Å². The maximum atomic E-state index is 11.7. The summed E-state index contributed by atoms with van der Waals surface area (Å²) in [6.07, 6.45) is 4.00. The zero-order chi connectivity index (χ0) is 14.8. The molecule has 2 aromatic heterocycles. The summed E-state index contributed by atoms with van der Waals surface area (Å²) in [5.41, 5.74) is 2.33. The number of benzene rings is 1. The van der Waals surface area contributed by atoms with E-state index in [2.05, 4.69) is 0 Å². The number of hydrogen-bond acceptors (Lipinski definition) is 3. The minimum absolute atomic E-state index is 0.349. The molecule has 21 heavy (non-hydrogen) atoms. The van der Waals surface area contributed by atoms with Gasteiger partial charge in [-0.3, -0.25) is 0 Å². The number of hydrogen-bond donors (Lipinski definition) is 0. The Morgan fingerprint density at radius 2 is 1.90 bits per heavy atom. The average molecular weight is 282 g/mol. The first-order valence-corrected chi connectivity index (χ1v) is 6.72. The van der Waals surface area contributed by atoms with Crippen molar-refractivity contribution >= 4 is 11.0 Å². The molecule has 3 rings (SSSR count). The molecule has 0 bridgehead atoms. The van der Waals surface area contributed by atoms with Gasteiger partial charge in [-0.1, -0.05) is 0 Å². The standard InChI is InChI=1S/C17H16NO3/c1-12-5-7-18(8-6-12)11-13-9-17(19)21-16-10-14(20-2)3-4-15(13)16/h3-10H,11H2,1-2H3/q+1. The largest absolute Gasteiger partial charge is 0.497 e. The predicted molar refractivity (Wildman–Crippen MR) is 79.5 cm³/mol. The zero-order valence-electron chi connectivity index (χ0n) is 12.0. The van der Waals surface area contributed by atoms with Crippen LogP contribution < -0.4 is 14.9 Å². The van der Waals surface area contributed by atoms with Crippen LogP contribution in [0.4, 0.5) is 0 Å². The molecule has 0 aliphatic rings. The zero-order valence-corrected chi connectivity index (χ0v) is 12.0. The molecule has 0 saturated carbocycles. The first-order chi connectivity index (χ1) is 10.2. The monoisotopic (exact) mass is 282 g/mol. The molecule has 0 radical (unpaired) electrons. The Morgan fingerprint density at radius 1 is 1.14 bits per heavy atom. The quantitative estimate of drug-likeness (QED) is 0.547. The lowest BCUT2D eigenvalue weighted by Gasteiger charge is -2.05. The van der Waals surface area contributed by atoms with E-state index in [-0.39, 0.29) is 5.63 Å². The van der Waals surface area contributed by atoms with Crippen LogP contribution in [-0.4, -0.2) is 7.11 Å². The smallest absolute Gasteiger partial charge is 0.336 e. The van der Waals surface area contributed by atoms with Crippen LogP contribution in [0.15, 0.2) is 58.0 Å². The van der Waals surface area contributed by atoms with Crippen molar-refractivity contribution in [1.82, 2.24) is 0 Å². The summed E-state index contributed by atoms with van der Waals surface area (Å²) in [6, 6.07) is 11.1. The van der Waals surface area contributed by atoms with Crippen molar-refractivity contribution < 1.29 is 13.7 Å². The summed E-state index contributed by atoms with van der Waals surface area (Å²) < 4.78 is 12.5. The van der Waals surface area contributed by atoms with Crippen molar-refractivity contribution in [2.24, 2.45) is 0 Å². The van der Waals surface area contributed by atoms with E-state index in [1.54, 1.807) is 19.2 Å². The maximum Gasteiger partial charge on any atom is 0.336 e. The van der Waals surface area contributed by atoms with Crippen molar-refractivity contribution in [2.75, 3.05) is 7.11 Å². The molecule has 0 amide bonds. The Hall–Kier alpha value is -2.62. The number of aryl methyl sites for hydroxylation is 1. The highest BCUT2D eigenvalue weighted by molar-refractivity contribution is 5.81. The van der Waals surface area contributed by atoms with Crippen LogP contribution >= 0.6 is 0 Å². The predicted octanol–water partition coefficient (Wildman–Crippen LogP) is 2.45. The minimum Gasteiger partial charge on any atom is -0.497 e. The highest BCUT2D eigenvalue weighted by Crippen LogP contribution is 2.22. The maximum absolute atomic E-state index is 11.7. The molecule has 0 spiro atoms. The Bertz CT molecular complexity index is 835. The average Bonchev–Trinajstić information content (AvgIpc) is 2.48. The molecular weight excluding hydrogens is 266 g/mol. The van der Waals surface area contributed by atoms with Crippen molar-refractivity contribution in [1.29, 1.82) is 0 Å². The van der Waals surface area contributed by atoms with E-state index in [9.17, 15) is 4.79 Å². The van der Waals surface area contributed by atoms with Crippen molar-refractivity contribution in [3.05, 3.63) is 70.3 Å². The van der Waals surface area contributed by atoms with Crippen LogP contribution in [0.5, 0.6) is 5.75 Å². The van der Waals surface area contributed by atoms with Crippen LogP contribution in [0, 0.1) is 6.92 Å². The third-order valence-electron chi connectivity index (χ3n) is 3.45. The van der Waals surface area contributed by atoms with Gasteiger partial charge in [-0.05, 0) is 24.6 Å². The number of pyridine rings is 1. The molecule has 0 fully saturated rings. The van der Waals surface area contributed by atoms with Gasteiger partial charge in [-0.25, -0.2) is 9.36 Å². The second-order valence-corrected chi connectivity index (χ2v) is 5.00. The molecule has 0 atom stereocenters. The van der Waals surface area contributed by atoms with Crippen LogP contribution in [0.25, 0.3) is 11.0 Å². The lowest BCUT2D eigenvalue weighted by Crippen LogP contribution is -2.33. The van der Waals surface area contributed by atoms with E-state index < -0.39 is 0 Å². The van der Waals surface area contributed by atoms with Crippen LogP contribution in [0.1, 0.15) is 11.1 Å². The van der Waals surface area contributed by atoms with E-state index in [0.29, 0.717) is 17.9 Å². The molecule has 4 heteroatoms. The minimum atomic E-state index is -0.349. The second kappa shape index (κ2) is 5.40. The SMILES string of the molecule is COc1ccc2c(C[n+]3ccc(C)cc3)cc(=O)oc2c1. The molecule has 4 nitrogen and oxygen atoms in total.